The quantitative estimate of drug-likeness (QED) is 0.941. The smallest absolute Gasteiger partial charge is 0.228 e. The molecule has 3 rings (SSSR count). The number of carbonyl (C=O) groups excluding carboxylic acids is 1. The second-order valence-electron chi connectivity index (χ2n) is 4.76. The van der Waals surface area contributed by atoms with E-state index in [0.29, 0.717) is 6.54 Å². The van der Waals surface area contributed by atoms with Gasteiger partial charge in [0.15, 0.2) is 0 Å². The molecule has 1 fully saturated rings. The van der Waals surface area contributed by atoms with Crippen molar-refractivity contribution in [1.29, 1.82) is 0 Å². The summed E-state index contributed by atoms with van der Waals surface area (Å²) < 4.78 is 2.86. The predicted octanol–water partition coefficient (Wildman–Crippen LogP) is 3.04. The number of amides is 1. The largest absolute Gasteiger partial charge is 0.311 e. The molecular weight excluding hydrogens is 306 g/mol. The minimum atomic E-state index is 0.109. The summed E-state index contributed by atoms with van der Waals surface area (Å²) in [6.07, 6.45) is 3.72. The Balaban J connectivity index is 1.72. The van der Waals surface area contributed by atoms with E-state index in [1.54, 1.807) is 6.20 Å². The average molecular weight is 320 g/mol. The van der Waals surface area contributed by atoms with Crippen molar-refractivity contribution in [3.05, 3.63) is 46.6 Å². The summed E-state index contributed by atoms with van der Waals surface area (Å²) in [5, 5.41) is 7.19. The van der Waals surface area contributed by atoms with Crippen LogP contribution in [-0.4, -0.2) is 15.7 Å². The first-order chi connectivity index (χ1) is 9.22. The zero-order chi connectivity index (χ0) is 13.2. The average Bonchev–Trinajstić information content (AvgIpc) is 3.17. The van der Waals surface area contributed by atoms with Gasteiger partial charge < -0.3 is 5.32 Å². The topological polar surface area (TPSA) is 46.9 Å². The van der Waals surface area contributed by atoms with Crippen molar-refractivity contribution in [3.8, 4) is 0 Å². The van der Waals surface area contributed by atoms with Gasteiger partial charge in [-0.2, -0.15) is 5.10 Å². The molecule has 1 aliphatic carbocycles. The van der Waals surface area contributed by atoms with Crippen LogP contribution in [-0.2, 0) is 11.3 Å². The predicted molar refractivity (Wildman–Crippen MR) is 76.8 cm³/mol. The number of nitrogens with zero attached hydrogens (tertiary/aromatic N) is 2. The van der Waals surface area contributed by atoms with E-state index in [1.165, 1.54) is 0 Å². The van der Waals surface area contributed by atoms with E-state index in [0.717, 1.165) is 28.7 Å². The molecule has 2 aromatic rings. The molecule has 0 spiro atoms. The van der Waals surface area contributed by atoms with E-state index in [2.05, 4.69) is 26.3 Å². The summed E-state index contributed by atoms with van der Waals surface area (Å²) >= 11 is 3.41. The lowest BCUT2D eigenvalue weighted by atomic mass is 10.2. The minimum absolute atomic E-state index is 0.109. The molecule has 1 saturated carbocycles. The molecule has 1 aromatic carbocycles. The number of hydrogen-bond donors (Lipinski definition) is 1. The molecule has 1 amide bonds. The molecule has 1 heterocycles. The summed E-state index contributed by atoms with van der Waals surface area (Å²) in [6, 6.07) is 9.91. The summed E-state index contributed by atoms with van der Waals surface area (Å²) in [6.45, 7) is 0.653. The molecule has 0 atom stereocenters. The van der Waals surface area contributed by atoms with Crippen molar-refractivity contribution in [2.75, 3.05) is 5.32 Å². The first-order valence-electron chi connectivity index (χ1n) is 6.29. The molecule has 0 radical (unpaired) electrons. The van der Waals surface area contributed by atoms with Crippen LogP contribution in [0, 0.1) is 5.92 Å². The highest BCUT2D eigenvalue weighted by Gasteiger charge is 2.30. The van der Waals surface area contributed by atoms with E-state index in [4.69, 9.17) is 0 Å². The van der Waals surface area contributed by atoms with Crippen molar-refractivity contribution < 1.29 is 4.79 Å². The van der Waals surface area contributed by atoms with Crippen LogP contribution in [0.15, 0.2) is 41.0 Å². The maximum absolute atomic E-state index is 11.8. The van der Waals surface area contributed by atoms with Gasteiger partial charge >= 0.3 is 0 Å². The zero-order valence-corrected chi connectivity index (χ0v) is 11.9. The second kappa shape index (κ2) is 5.17. The standard InChI is InChI=1S/C14H14BrN3O/c15-12-5-1-10(2-6-12)9-18-13(7-8-16-18)17-14(19)11-3-4-11/h1-2,5-8,11H,3-4,9H2,(H,17,19). The highest BCUT2D eigenvalue weighted by molar-refractivity contribution is 9.10. The Labute approximate surface area is 119 Å². The lowest BCUT2D eigenvalue weighted by molar-refractivity contribution is -0.117. The van der Waals surface area contributed by atoms with Crippen molar-refractivity contribution in [1.82, 2.24) is 9.78 Å². The van der Waals surface area contributed by atoms with E-state index in [1.807, 2.05) is 35.0 Å². The van der Waals surface area contributed by atoms with Crippen LogP contribution in [0.1, 0.15) is 18.4 Å². The number of halogens is 1. The van der Waals surface area contributed by atoms with Gasteiger partial charge in [0, 0.05) is 16.5 Å². The summed E-state index contributed by atoms with van der Waals surface area (Å²) in [5.74, 6) is 1.08. The number of anilines is 1. The number of hydrogen-bond acceptors (Lipinski definition) is 2. The van der Waals surface area contributed by atoms with Gasteiger partial charge in [-0.3, -0.25) is 4.79 Å². The third-order valence-corrected chi connectivity index (χ3v) is 3.69. The lowest BCUT2D eigenvalue weighted by Gasteiger charge is -2.08. The van der Waals surface area contributed by atoms with Crippen LogP contribution in [0.25, 0.3) is 0 Å². The Morgan fingerprint density at radius 3 is 2.74 bits per heavy atom. The SMILES string of the molecule is O=C(Nc1ccnn1Cc1ccc(Br)cc1)C1CC1. The molecule has 98 valence electrons. The highest BCUT2D eigenvalue weighted by Crippen LogP contribution is 2.30. The van der Waals surface area contributed by atoms with E-state index < -0.39 is 0 Å². The Morgan fingerprint density at radius 1 is 1.32 bits per heavy atom. The number of nitrogens with one attached hydrogen (secondary N) is 1. The third-order valence-electron chi connectivity index (χ3n) is 3.16. The Kier molecular flexibility index (Phi) is 3.38. The molecule has 5 heteroatoms. The molecule has 1 aliphatic rings. The lowest BCUT2D eigenvalue weighted by Crippen LogP contribution is -2.17. The van der Waals surface area contributed by atoms with Crippen LogP contribution < -0.4 is 5.32 Å². The normalized spacial score (nSPS) is 14.4. The van der Waals surface area contributed by atoms with Gasteiger partial charge in [0.1, 0.15) is 5.82 Å². The fourth-order valence-electron chi connectivity index (χ4n) is 1.90. The Bertz CT molecular complexity index is 587. The number of aromatic nitrogens is 2. The number of rotatable bonds is 4. The minimum Gasteiger partial charge on any atom is -0.311 e. The monoisotopic (exact) mass is 319 g/mol. The van der Waals surface area contributed by atoms with E-state index in [-0.39, 0.29) is 11.8 Å². The molecule has 1 aromatic heterocycles. The van der Waals surface area contributed by atoms with Crippen LogP contribution in [0.5, 0.6) is 0 Å². The molecule has 0 unspecified atom stereocenters. The van der Waals surface area contributed by atoms with Gasteiger partial charge in [-0.05, 0) is 30.5 Å². The Morgan fingerprint density at radius 2 is 2.05 bits per heavy atom. The van der Waals surface area contributed by atoms with Crippen molar-refractivity contribution in [3.63, 3.8) is 0 Å². The molecule has 19 heavy (non-hydrogen) atoms. The van der Waals surface area contributed by atoms with Gasteiger partial charge in [0.05, 0.1) is 12.7 Å². The molecule has 0 aliphatic heterocycles. The molecule has 4 nitrogen and oxygen atoms in total. The molecular formula is C14H14BrN3O. The van der Waals surface area contributed by atoms with Gasteiger partial charge in [0.2, 0.25) is 5.91 Å². The third kappa shape index (κ3) is 3.04. The molecule has 1 N–H and O–H groups in total. The summed E-state index contributed by atoms with van der Waals surface area (Å²) in [5.41, 5.74) is 1.15. The first-order valence-corrected chi connectivity index (χ1v) is 7.09. The van der Waals surface area contributed by atoms with Gasteiger partial charge in [0.25, 0.3) is 0 Å². The maximum atomic E-state index is 11.8. The van der Waals surface area contributed by atoms with Crippen LogP contribution in [0.2, 0.25) is 0 Å². The Hall–Kier alpha value is -1.62. The van der Waals surface area contributed by atoms with Gasteiger partial charge in [-0.15, -0.1) is 0 Å². The highest BCUT2D eigenvalue weighted by atomic mass is 79.9. The van der Waals surface area contributed by atoms with Crippen LogP contribution in [0.4, 0.5) is 5.82 Å². The van der Waals surface area contributed by atoms with Gasteiger partial charge in [-0.25, -0.2) is 4.68 Å². The molecule has 0 bridgehead atoms. The summed E-state index contributed by atoms with van der Waals surface area (Å²) in [4.78, 5) is 11.8. The maximum Gasteiger partial charge on any atom is 0.228 e. The fraction of sp³-hybridized carbons (Fsp3) is 0.286. The molecule has 0 saturated heterocycles. The number of benzene rings is 1. The van der Waals surface area contributed by atoms with E-state index >= 15 is 0 Å². The van der Waals surface area contributed by atoms with Crippen molar-refractivity contribution in [2.45, 2.75) is 19.4 Å². The van der Waals surface area contributed by atoms with Crippen LogP contribution in [0.3, 0.4) is 0 Å². The zero-order valence-electron chi connectivity index (χ0n) is 10.3. The fourth-order valence-corrected chi connectivity index (χ4v) is 2.17. The van der Waals surface area contributed by atoms with Crippen LogP contribution >= 0.6 is 15.9 Å². The van der Waals surface area contributed by atoms with Gasteiger partial charge in [-0.1, -0.05) is 28.1 Å². The van der Waals surface area contributed by atoms with Crippen molar-refractivity contribution >= 4 is 27.7 Å². The van der Waals surface area contributed by atoms with E-state index in [9.17, 15) is 4.79 Å². The summed E-state index contributed by atoms with van der Waals surface area (Å²) in [7, 11) is 0. The number of carbonyl (C=O) groups is 1. The second-order valence-corrected chi connectivity index (χ2v) is 5.68. The van der Waals surface area contributed by atoms with Crippen molar-refractivity contribution in [2.24, 2.45) is 5.92 Å². The first kappa shape index (κ1) is 12.4.